The second-order valence-electron chi connectivity index (χ2n) is 10.2. The van der Waals surface area contributed by atoms with E-state index in [2.05, 4.69) is 0 Å². The molecule has 6 nitrogen and oxygen atoms in total. The summed E-state index contributed by atoms with van der Waals surface area (Å²) in [5.74, 6) is 0.865. The van der Waals surface area contributed by atoms with Gasteiger partial charge in [0, 0.05) is 5.56 Å². The molecule has 5 aromatic carbocycles. The van der Waals surface area contributed by atoms with Crippen LogP contribution in [0.1, 0.15) is 22.3 Å². The lowest BCUT2D eigenvalue weighted by atomic mass is 10.1. The molecule has 1 heterocycles. The number of aromatic hydroxyl groups is 1. The Morgan fingerprint density at radius 1 is 0.605 bits per heavy atom. The van der Waals surface area contributed by atoms with Crippen LogP contribution in [0.25, 0.3) is 22.3 Å². The van der Waals surface area contributed by atoms with E-state index in [1.54, 1.807) is 30.3 Å². The van der Waals surface area contributed by atoms with Crippen LogP contribution in [-0.4, -0.2) is 5.11 Å². The van der Waals surface area contributed by atoms with Gasteiger partial charge in [-0.3, -0.25) is 4.79 Å². The molecule has 0 spiro atoms. The predicted molar refractivity (Wildman–Crippen MR) is 167 cm³/mol. The van der Waals surface area contributed by atoms with Crippen molar-refractivity contribution in [3.8, 4) is 34.3 Å². The topological polar surface area (TPSA) is 78.1 Å². The van der Waals surface area contributed by atoms with Gasteiger partial charge < -0.3 is 23.7 Å². The molecule has 6 aromatic rings. The maximum absolute atomic E-state index is 13.5. The van der Waals surface area contributed by atoms with Gasteiger partial charge >= 0.3 is 0 Å². The van der Waals surface area contributed by atoms with Crippen molar-refractivity contribution in [2.24, 2.45) is 0 Å². The van der Waals surface area contributed by atoms with Crippen LogP contribution in [0.3, 0.4) is 0 Å². The van der Waals surface area contributed by atoms with Crippen molar-refractivity contribution in [1.82, 2.24) is 0 Å². The molecule has 0 amide bonds. The Kier molecular flexibility index (Phi) is 8.09. The molecule has 0 atom stereocenters. The zero-order chi connectivity index (χ0) is 29.6. The van der Waals surface area contributed by atoms with Crippen molar-refractivity contribution in [1.29, 1.82) is 0 Å². The van der Waals surface area contributed by atoms with Gasteiger partial charge in [-0.2, -0.15) is 0 Å². The van der Waals surface area contributed by atoms with Gasteiger partial charge in [-0.1, -0.05) is 91.0 Å². The molecule has 0 fully saturated rings. The number of hydrogen-bond acceptors (Lipinski definition) is 6. The summed E-state index contributed by atoms with van der Waals surface area (Å²) in [6.07, 6.45) is 0. The van der Waals surface area contributed by atoms with E-state index in [0.29, 0.717) is 41.6 Å². The van der Waals surface area contributed by atoms with Crippen molar-refractivity contribution in [3.63, 3.8) is 0 Å². The Morgan fingerprint density at radius 2 is 1.12 bits per heavy atom. The van der Waals surface area contributed by atoms with Crippen molar-refractivity contribution in [2.45, 2.75) is 26.7 Å². The van der Waals surface area contributed by atoms with Crippen LogP contribution in [0, 0.1) is 6.92 Å². The smallest absolute Gasteiger partial charge is 0.238 e. The molecule has 0 saturated carbocycles. The van der Waals surface area contributed by atoms with Crippen LogP contribution < -0.4 is 19.6 Å². The Morgan fingerprint density at radius 3 is 1.67 bits per heavy atom. The highest BCUT2D eigenvalue weighted by Crippen LogP contribution is 2.39. The van der Waals surface area contributed by atoms with Crippen molar-refractivity contribution >= 4 is 11.0 Å². The third kappa shape index (κ3) is 6.39. The minimum Gasteiger partial charge on any atom is -0.502 e. The Bertz CT molecular complexity index is 1900. The second-order valence-corrected chi connectivity index (χ2v) is 10.2. The quantitative estimate of drug-likeness (QED) is 0.179. The molecular weight excluding hydrogens is 540 g/mol. The van der Waals surface area contributed by atoms with E-state index in [-0.39, 0.29) is 17.8 Å². The number of fused-ring (bicyclic) bond motifs is 1. The Labute approximate surface area is 249 Å². The van der Waals surface area contributed by atoms with Gasteiger partial charge in [-0.25, -0.2) is 0 Å². The summed E-state index contributed by atoms with van der Waals surface area (Å²) in [4.78, 5) is 13.5. The lowest BCUT2D eigenvalue weighted by Gasteiger charge is -2.15. The molecule has 0 unspecified atom stereocenters. The molecule has 0 bridgehead atoms. The third-order valence-electron chi connectivity index (χ3n) is 7.00. The number of benzene rings is 5. The van der Waals surface area contributed by atoms with Gasteiger partial charge in [0.25, 0.3) is 0 Å². The first kappa shape index (κ1) is 27.7. The van der Waals surface area contributed by atoms with Crippen LogP contribution >= 0.6 is 0 Å². The van der Waals surface area contributed by atoms with Crippen LogP contribution in [0.15, 0.2) is 131 Å². The monoisotopic (exact) mass is 570 g/mol. The Hall–Kier alpha value is -5.49. The summed E-state index contributed by atoms with van der Waals surface area (Å²) in [5.41, 5.74) is 4.03. The van der Waals surface area contributed by atoms with Gasteiger partial charge in [-0.15, -0.1) is 0 Å². The molecule has 6 heteroatoms. The van der Waals surface area contributed by atoms with Gasteiger partial charge in [-0.05, 0) is 59.5 Å². The number of hydrogen-bond donors (Lipinski definition) is 1. The lowest BCUT2D eigenvalue weighted by molar-refractivity contribution is 0.256. The molecule has 0 radical (unpaired) electrons. The summed E-state index contributed by atoms with van der Waals surface area (Å²) >= 11 is 0. The molecule has 0 saturated heterocycles. The van der Waals surface area contributed by atoms with Crippen LogP contribution in [0.5, 0.6) is 23.0 Å². The van der Waals surface area contributed by atoms with Gasteiger partial charge in [0.1, 0.15) is 36.5 Å². The summed E-state index contributed by atoms with van der Waals surface area (Å²) in [6, 6.07) is 38.1. The average Bonchev–Trinajstić information content (AvgIpc) is 3.05. The minimum absolute atomic E-state index is 0.0382. The third-order valence-corrected chi connectivity index (χ3v) is 7.00. The molecule has 6 rings (SSSR count). The molecule has 0 aliphatic heterocycles. The second kappa shape index (κ2) is 12.6. The minimum atomic E-state index is -0.574. The summed E-state index contributed by atoms with van der Waals surface area (Å²) < 4.78 is 24.5. The largest absolute Gasteiger partial charge is 0.502 e. The predicted octanol–water partition coefficient (Wildman–Crippen LogP) is 8.21. The van der Waals surface area contributed by atoms with E-state index in [0.717, 1.165) is 22.3 Å². The fourth-order valence-corrected chi connectivity index (χ4v) is 4.80. The molecule has 1 N–H and O–H groups in total. The average molecular weight is 571 g/mol. The van der Waals surface area contributed by atoms with E-state index in [4.69, 9.17) is 18.6 Å². The lowest BCUT2D eigenvalue weighted by Crippen LogP contribution is -2.07. The molecule has 1 aromatic heterocycles. The SMILES string of the molecule is Cc1cc(OCc2ccccc2)c2c(=O)c(O)c(-c3ccc(OCc4ccccc4)c(OCc4ccccc4)c3)oc2c1. The Balaban J connectivity index is 1.36. The van der Waals surface area contributed by atoms with E-state index < -0.39 is 11.2 Å². The van der Waals surface area contributed by atoms with Crippen molar-refractivity contribution in [3.05, 3.63) is 154 Å². The first-order valence-corrected chi connectivity index (χ1v) is 14.0. The fourth-order valence-electron chi connectivity index (χ4n) is 4.80. The fraction of sp³-hybridized carbons (Fsp3) is 0.108. The van der Waals surface area contributed by atoms with Crippen LogP contribution in [0.2, 0.25) is 0 Å². The van der Waals surface area contributed by atoms with Gasteiger partial charge in [0.2, 0.25) is 11.2 Å². The van der Waals surface area contributed by atoms with Gasteiger partial charge in [0.15, 0.2) is 17.3 Å². The van der Waals surface area contributed by atoms with Crippen molar-refractivity contribution < 1.29 is 23.7 Å². The zero-order valence-corrected chi connectivity index (χ0v) is 23.7. The number of ether oxygens (including phenoxy) is 3. The maximum Gasteiger partial charge on any atom is 0.238 e. The van der Waals surface area contributed by atoms with E-state index in [1.807, 2.05) is 97.9 Å². The first-order valence-electron chi connectivity index (χ1n) is 14.0. The molecule has 0 aliphatic carbocycles. The number of rotatable bonds is 10. The first-order chi connectivity index (χ1) is 21.0. The summed E-state index contributed by atoms with van der Waals surface area (Å²) in [5, 5.41) is 11.3. The van der Waals surface area contributed by atoms with E-state index >= 15 is 0 Å². The molecule has 43 heavy (non-hydrogen) atoms. The highest BCUT2D eigenvalue weighted by Gasteiger charge is 2.21. The highest BCUT2D eigenvalue weighted by molar-refractivity contribution is 5.88. The number of aryl methyl sites for hydroxylation is 1. The summed E-state index contributed by atoms with van der Waals surface area (Å²) in [7, 11) is 0. The molecular formula is C37H30O6. The van der Waals surface area contributed by atoms with Crippen LogP contribution in [-0.2, 0) is 19.8 Å². The molecule has 0 aliphatic rings. The normalized spacial score (nSPS) is 10.9. The van der Waals surface area contributed by atoms with Crippen molar-refractivity contribution in [2.75, 3.05) is 0 Å². The summed E-state index contributed by atoms with van der Waals surface area (Å²) in [6.45, 7) is 2.83. The maximum atomic E-state index is 13.5. The van der Waals surface area contributed by atoms with Gasteiger partial charge in [0.05, 0.1) is 0 Å². The zero-order valence-electron chi connectivity index (χ0n) is 23.7. The molecule has 214 valence electrons. The van der Waals surface area contributed by atoms with Crippen LogP contribution in [0.4, 0.5) is 0 Å². The highest BCUT2D eigenvalue weighted by atomic mass is 16.5. The standard InChI is InChI=1S/C37H30O6/c1-25-19-32(42-24-28-15-9-4-10-16-28)34-33(20-25)43-37(36(39)35(34)38)29-17-18-30(40-22-26-11-5-2-6-12-26)31(21-29)41-23-27-13-7-3-8-14-27/h2-21,39H,22-24H2,1H3. The van der Waals surface area contributed by atoms with E-state index in [9.17, 15) is 9.90 Å². The van der Waals surface area contributed by atoms with E-state index in [1.165, 1.54) is 0 Å².